The number of hydrogen-bond donors (Lipinski definition) is 3. The first kappa shape index (κ1) is 40.0. The molecule has 2 saturated heterocycles. The zero-order valence-corrected chi connectivity index (χ0v) is 35.2. The number of anilines is 1. The molecule has 11 atom stereocenters. The van der Waals surface area contributed by atoms with Gasteiger partial charge in [-0.1, -0.05) is 56.3 Å². The van der Waals surface area contributed by atoms with Gasteiger partial charge >= 0.3 is 17.9 Å². The van der Waals surface area contributed by atoms with Crippen LogP contribution in [0.2, 0.25) is 0 Å². The van der Waals surface area contributed by atoms with E-state index in [2.05, 4.69) is 45.1 Å². The summed E-state index contributed by atoms with van der Waals surface area (Å²) in [5.41, 5.74) is 0.168. The van der Waals surface area contributed by atoms with Crippen molar-refractivity contribution in [2.45, 2.75) is 99.5 Å². The molecule has 1 spiro atoms. The van der Waals surface area contributed by atoms with E-state index in [0.29, 0.717) is 76.3 Å². The van der Waals surface area contributed by atoms with Crippen molar-refractivity contribution in [3.63, 3.8) is 0 Å². The molecule has 1 aromatic heterocycles. The summed E-state index contributed by atoms with van der Waals surface area (Å²) in [5.74, 6) is -2.84. The second-order valence-electron chi connectivity index (χ2n) is 18.1. The van der Waals surface area contributed by atoms with Crippen LogP contribution in [-0.2, 0) is 40.4 Å². The van der Waals surface area contributed by atoms with Crippen LogP contribution in [0.4, 0.5) is 5.69 Å². The van der Waals surface area contributed by atoms with Crippen LogP contribution in [0.15, 0.2) is 48.6 Å². The quantitative estimate of drug-likeness (QED) is 0.178. The second-order valence-corrected chi connectivity index (χ2v) is 18.1. The molecule has 2 aromatic carbocycles. The molecule has 316 valence electrons. The van der Waals surface area contributed by atoms with E-state index in [9.17, 15) is 24.6 Å². The first-order chi connectivity index (χ1) is 28.3. The number of aromatic amines is 1. The number of aliphatic hydroxyl groups is 2. The van der Waals surface area contributed by atoms with Crippen LogP contribution in [0.1, 0.15) is 80.7 Å². The number of nitrogens with one attached hydrogen (secondary N) is 1. The highest BCUT2D eigenvalue weighted by Gasteiger charge is 2.80. The molecular weight excluding hydrogens is 753 g/mol. The number of nitrogens with zero attached hydrogens (tertiary/aromatic N) is 3. The summed E-state index contributed by atoms with van der Waals surface area (Å²) in [6.07, 6.45) is 5.66. The highest BCUT2D eigenvalue weighted by atomic mass is 16.6. The van der Waals surface area contributed by atoms with Crippen LogP contribution in [0.5, 0.6) is 5.75 Å². The van der Waals surface area contributed by atoms with Crippen molar-refractivity contribution in [1.82, 2.24) is 14.8 Å². The Morgan fingerprint density at radius 3 is 2.46 bits per heavy atom. The second kappa shape index (κ2) is 14.1. The molecule has 6 heterocycles. The van der Waals surface area contributed by atoms with Gasteiger partial charge in [0.2, 0.25) is 5.60 Å². The number of H-pyrrole nitrogens is 1. The Morgan fingerprint density at radius 1 is 0.983 bits per heavy atom. The number of likely N-dealkylation sites (N-methyl/N-ethyl adjacent to an activating group) is 1. The molecule has 59 heavy (non-hydrogen) atoms. The van der Waals surface area contributed by atoms with E-state index < -0.39 is 58.0 Å². The van der Waals surface area contributed by atoms with E-state index in [1.807, 2.05) is 44.0 Å². The molecule has 1 aliphatic carbocycles. The van der Waals surface area contributed by atoms with E-state index in [4.69, 9.17) is 18.9 Å². The monoisotopic (exact) mass is 810 g/mol. The minimum atomic E-state index is -2.29. The Labute approximate surface area is 345 Å². The lowest BCUT2D eigenvalue weighted by Crippen LogP contribution is -2.81. The van der Waals surface area contributed by atoms with Crippen LogP contribution in [0.25, 0.3) is 10.9 Å². The molecule has 13 heteroatoms. The molecule has 1 unspecified atom stereocenters. The largest absolute Gasteiger partial charge is 0.494 e. The maximum atomic E-state index is 14.6. The summed E-state index contributed by atoms with van der Waals surface area (Å²) in [6.45, 7) is 8.61. The van der Waals surface area contributed by atoms with Gasteiger partial charge in [-0.3, -0.25) is 19.4 Å². The fraction of sp³-hybridized carbons (Fsp3) is 0.587. The van der Waals surface area contributed by atoms with Crippen molar-refractivity contribution in [2.24, 2.45) is 11.3 Å². The number of piperidine rings is 1. The molecule has 1 saturated carbocycles. The Hall–Kier alpha value is -4.43. The van der Waals surface area contributed by atoms with Gasteiger partial charge in [-0.05, 0) is 61.8 Å². The normalized spacial score (nSPS) is 37.0. The van der Waals surface area contributed by atoms with Crippen molar-refractivity contribution in [1.29, 1.82) is 0 Å². The predicted molar refractivity (Wildman–Crippen MR) is 221 cm³/mol. The van der Waals surface area contributed by atoms with Crippen LogP contribution in [-0.4, -0.2) is 133 Å². The molecule has 0 radical (unpaired) electrons. The topological polar surface area (TPSA) is 154 Å². The van der Waals surface area contributed by atoms with Gasteiger partial charge in [0.1, 0.15) is 11.7 Å². The van der Waals surface area contributed by atoms with Gasteiger partial charge in [0.05, 0.1) is 38.7 Å². The number of rotatable bonds is 7. The van der Waals surface area contributed by atoms with E-state index in [0.717, 1.165) is 33.3 Å². The first-order valence-corrected chi connectivity index (χ1v) is 21.2. The zero-order chi connectivity index (χ0) is 41.8. The van der Waals surface area contributed by atoms with Gasteiger partial charge in [0.25, 0.3) is 0 Å². The standard InChI is InChI=1S/C46H58N4O9/c1-8-43(54)23-27-24-49(25-43)21-17-29-28-13-10-11-14-32(28)47-35(29)34(38(52)57-6)33(27)30-15-16-31-36(37(30)56-5)48(4)40-45(31)19-22-50-20-12-18-44(9-2,39(45)50)41(59-26(3)51)46(40,55)42(53)58-7/h10-16,18,27,33-34,39-41,47,54-55H,8-9,17,19-25H2,1-7H3/t27-,33-,34-,39+,40-,41-,43+,44-,45-,46+/m1/s1. The lowest BCUT2D eigenvalue weighted by atomic mass is 9.47. The number of benzene rings is 2. The number of aromatic nitrogens is 1. The minimum Gasteiger partial charge on any atom is -0.494 e. The maximum absolute atomic E-state index is 14.6. The lowest BCUT2D eigenvalue weighted by molar-refractivity contribution is -0.228. The van der Waals surface area contributed by atoms with E-state index in [1.54, 1.807) is 7.11 Å². The molecule has 3 aromatic rings. The minimum absolute atomic E-state index is 0.201. The Balaban J connectivity index is 1.32. The Bertz CT molecular complexity index is 2240. The average Bonchev–Trinajstić information content (AvgIpc) is 3.89. The number of fused-ring (bicyclic) bond motifs is 6. The number of hydrogen-bond acceptors (Lipinski definition) is 12. The third-order valence-corrected chi connectivity index (χ3v) is 15.6. The van der Waals surface area contributed by atoms with E-state index >= 15 is 0 Å². The third-order valence-electron chi connectivity index (χ3n) is 15.6. The number of para-hydroxylation sites is 1. The van der Waals surface area contributed by atoms with Gasteiger partial charge in [-0.15, -0.1) is 0 Å². The van der Waals surface area contributed by atoms with Crippen molar-refractivity contribution >= 4 is 34.5 Å². The molecule has 3 fully saturated rings. The summed E-state index contributed by atoms with van der Waals surface area (Å²) in [6, 6.07) is 11.2. The number of carbonyl (C=O) groups excluding carboxylic acids is 3. The Kier molecular flexibility index (Phi) is 9.54. The van der Waals surface area contributed by atoms with Gasteiger partial charge in [-0.2, -0.15) is 0 Å². The summed E-state index contributed by atoms with van der Waals surface area (Å²) in [5, 5.41) is 26.6. The van der Waals surface area contributed by atoms with Gasteiger partial charge < -0.3 is 39.0 Å². The summed E-state index contributed by atoms with van der Waals surface area (Å²) in [4.78, 5) is 52.4. The van der Waals surface area contributed by atoms with E-state index in [1.165, 1.54) is 21.1 Å². The van der Waals surface area contributed by atoms with Crippen molar-refractivity contribution in [3.05, 3.63) is 70.9 Å². The molecule has 9 rings (SSSR count). The number of ether oxygens (including phenoxy) is 4. The highest BCUT2D eigenvalue weighted by Crippen LogP contribution is 2.69. The molecular formula is C46H58N4O9. The molecule has 5 aliphatic heterocycles. The smallest absolute Gasteiger partial charge is 0.344 e. The molecule has 2 bridgehead atoms. The van der Waals surface area contributed by atoms with Crippen molar-refractivity contribution in [3.8, 4) is 5.75 Å². The van der Waals surface area contributed by atoms with E-state index in [-0.39, 0.29) is 17.9 Å². The first-order valence-electron chi connectivity index (χ1n) is 21.2. The maximum Gasteiger partial charge on any atom is 0.344 e. The highest BCUT2D eigenvalue weighted by molar-refractivity contribution is 5.90. The van der Waals surface area contributed by atoms with Gasteiger partial charge in [0.15, 0.2) is 6.10 Å². The lowest BCUT2D eigenvalue weighted by Gasteiger charge is -2.63. The fourth-order valence-corrected chi connectivity index (χ4v) is 13.5. The van der Waals surface area contributed by atoms with Crippen molar-refractivity contribution < 1.29 is 43.5 Å². The third kappa shape index (κ3) is 5.32. The van der Waals surface area contributed by atoms with Gasteiger partial charge in [-0.25, -0.2) is 4.79 Å². The molecule has 13 nitrogen and oxygen atoms in total. The van der Waals surface area contributed by atoms with Crippen LogP contribution < -0.4 is 9.64 Å². The molecule has 0 amide bonds. The van der Waals surface area contributed by atoms with Crippen LogP contribution in [0, 0.1) is 11.3 Å². The summed E-state index contributed by atoms with van der Waals surface area (Å²) in [7, 11) is 6.19. The number of carbonyl (C=O) groups is 3. The van der Waals surface area contributed by atoms with Crippen LogP contribution in [0.3, 0.4) is 0 Å². The number of esters is 3. The average molecular weight is 811 g/mol. The SMILES string of the molecule is CC[C@]1(O)C[C@@H]2CN(CCc3c([nH]c4ccccc34)[C@H](C(=O)OC)[C@H]2c2ccc3c(c2OC)N(C)[C@H]2[C@@](O)(C(=O)OC)[C@H](OC(C)=O)[C@]4(CC)C=CCN5CC[C@]32[C@@H]54)C1. The van der Waals surface area contributed by atoms with Crippen LogP contribution >= 0.6 is 0 Å². The fourth-order valence-electron chi connectivity index (χ4n) is 13.5. The molecule has 6 aliphatic rings. The zero-order valence-electron chi connectivity index (χ0n) is 35.2. The predicted octanol–water partition coefficient (Wildman–Crippen LogP) is 4.18. The summed E-state index contributed by atoms with van der Waals surface area (Å²) < 4.78 is 23.9. The summed E-state index contributed by atoms with van der Waals surface area (Å²) >= 11 is 0. The Morgan fingerprint density at radius 2 is 1.76 bits per heavy atom. The number of methoxy groups -OCH3 is 3. The molecule has 3 N–H and O–H groups in total. The van der Waals surface area contributed by atoms with Crippen molar-refractivity contribution in [2.75, 3.05) is 66.0 Å². The van der Waals surface area contributed by atoms with Gasteiger partial charge in [0, 0.05) is 85.1 Å².